The Morgan fingerprint density at radius 3 is 1.36 bits per heavy atom. The monoisotopic (exact) mass is 124 g/mol. The van der Waals surface area contributed by atoms with Crippen molar-refractivity contribution >= 4 is 79.0 Å². The van der Waals surface area contributed by atoms with Crippen LogP contribution in [-0.2, 0) is 0 Å². The maximum Gasteiger partial charge on any atom is -0.00000163 e. The van der Waals surface area contributed by atoms with Crippen molar-refractivity contribution in [3.8, 4) is 0 Å². The minimum atomic E-state index is -0.528. The molecule has 0 heterocycles. The normalized spacial score (nSPS) is 8.45. The summed E-state index contributed by atoms with van der Waals surface area (Å²) < 4.78 is 0. The van der Waals surface area contributed by atoms with Gasteiger partial charge in [-0.05, 0) is 64.2 Å². The Hall–Kier alpha value is 0.714. The SMILES string of the molecule is [B]B([B])B(B([B])[B])B([B])[B][BH3-]. The summed E-state index contributed by atoms with van der Waals surface area (Å²) in [7, 11) is 29.7. The number of hydrogen-bond acceptors (Lipinski definition) is 0. The lowest BCUT2D eigenvalue weighted by Gasteiger charge is -2.27. The van der Waals surface area contributed by atoms with Crippen molar-refractivity contribution in [1.82, 2.24) is 0 Å². The zero-order chi connectivity index (χ0) is 9.02. The first-order valence-corrected chi connectivity index (χ1v) is 3.00. The van der Waals surface area contributed by atoms with Gasteiger partial charge in [0.25, 0.3) is 0 Å². The first-order chi connectivity index (χ1) is 5.00. The average Bonchev–Trinajstić information content (AvgIpc) is 1.85. The van der Waals surface area contributed by atoms with Gasteiger partial charge in [0.1, 0.15) is 0 Å². The van der Waals surface area contributed by atoms with Gasteiger partial charge in [0.05, 0.1) is 0 Å². The van der Waals surface area contributed by atoms with Gasteiger partial charge in [-0.15, -0.1) is 0 Å². The van der Waals surface area contributed by atoms with Crippen molar-refractivity contribution in [2.24, 2.45) is 0 Å². The molecule has 37 valence electrons. The minimum absolute atomic E-state index is 0.130. The van der Waals surface area contributed by atoms with Crippen molar-refractivity contribution in [3.05, 3.63) is 0 Å². The number of rotatable bonds is 4. The van der Waals surface area contributed by atoms with E-state index in [1.165, 1.54) is 0 Å². The van der Waals surface area contributed by atoms with Crippen LogP contribution in [0.1, 0.15) is 0 Å². The van der Waals surface area contributed by atoms with Crippen molar-refractivity contribution in [2.45, 2.75) is 0 Å². The highest BCUT2D eigenvalue weighted by Gasteiger charge is 2.25. The molecule has 0 unspecified atom stereocenters. The van der Waals surface area contributed by atoms with E-state index in [1.54, 1.807) is 0 Å². The van der Waals surface area contributed by atoms with E-state index in [9.17, 15) is 0 Å². The molecular weight excluding hydrogens is 119 g/mol. The minimum Gasteiger partial charge on any atom is -0.158 e. The van der Waals surface area contributed by atoms with E-state index in [1.807, 2.05) is 7.06 Å². The van der Waals surface area contributed by atoms with Crippen LogP contribution in [0.25, 0.3) is 0 Å². The van der Waals surface area contributed by atoms with Gasteiger partial charge >= 0.3 is 0 Å². The maximum atomic E-state index is 5.71. The standard InChI is InChI=1S/B11H3/c1-7-10(6)11(8(2)3)9(4)5/h1H3/q-1. The second-order valence-corrected chi connectivity index (χ2v) is 2.31. The molecule has 0 aliphatic heterocycles. The molecule has 0 aromatic carbocycles. The molecule has 11 heavy (non-hydrogen) atoms. The van der Waals surface area contributed by atoms with Gasteiger partial charge < -0.3 is 0 Å². The highest BCUT2D eigenvalue weighted by atomic mass is 13.1. The third-order valence-corrected chi connectivity index (χ3v) is 1.33. The Balaban J connectivity index is 4.09. The van der Waals surface area contributed by atoms with Crippen LogP contribution in [0.15, 0.2) is 0 Å². The molecule has 0 aliphatic rings. The Morgan fingerprint density at radius 2 is 1.27 bits per heavy atom. The molecule has 11 heteroatoms. The van der Waals surface area contributed by atoms with Crippen LogP contribution in [0, 0.1) is 0 Å². The first-order valence-electron chi connectivity index (χ1n) is 3.00. The lowest BCUT2D eigenvalue weighted by atomic mass is 8.56. The number of hydrogen-bond donors (Lipinski definition) is 0. The Bertz CT molecular complexity index is 84.2. The van der Waals surface area contributed by atoms with Gasteiger partial charge in [0.2, 0.25) is 0 Å². The van der Waals surface area contributed by atoms with E-state index in [-0.39, 0.29) is 20.5 Å². The van der Waals surface area contributed by atoms with Gasteiger partial charge in [0, 0.05) is 0 Å². The van der Waals surface area contributed by atoms with Crippen molar-refractivity contribution in [2.75, 3.05) is 0 Å². The zero-order valence-corrected chi connectivity index (χ0v) is 5.77. The quantitative estimate of drug-likeness (QED) is 0.327. The van der Waals surface area contributed by atoms with Crippen molar-refractivity contribution in [1.29, 1.82) is 0 Å². The van der Waals surface area contributed by atoms with Crippen LogP contribution in [0.5, 0.6) is 0 Å². The van der Waals surface area contributed by atoms with E-state index >= 15 is 0 Å². The lowest BCUT2D eigenvalue weighted by Crippen LogP contribution is -2.63. The molecule has 0 aliphatic carbocycles. The van der Waals surface area contributed by atoms with Crippen LogP contribution in [0.4, 0.5) is 0 Å². The molecule has 0 bridgehead atoms. The summed E-state index contributed by atoms with van der Waals surface area (Å²) in [6, 6.07) is 0. The summed E-state index contributed by atoms with van der Waals surface area (Å²) in [6.07, 6.45) is -1.39. The molecule has 0 aromatic heterocycles. The average molecular weight is 122 g/mol. The summed E-state index contributed by atoms with van der Waals surface area (Å²) >= 11 is 0. The summed E-state index contributed by atoms with van der Waals surface area (Å²) in [5.74, 6) is 0. The Morgan fingerprint density at radius 1 is 0.909 bits per heavy atom. The van der Waals surface area contributed by atoms with Crippen LogP contribution in [0.2, 0.25) is 0 Å². The molecule has 0 atom stereocenters. The second kappa shape index (κ2) is 5.38. The fraction of sp³-hybridized carbons (Fsp3) is 0. The van der Waals surface area contributed by atoms with E-state index in [0.717, 1.165) is 0 Å². The second-order valence-electron chi connectivity index (χ2n) is 2.31. The predicted octanol–water partition coefficient (Wildman–Crippen LogP) is -4.99. The van der Waals surface area contributed by atoms with Crippen LogP contribution < -0.4 is 0 Å². The topological polar surface area (TPSA) is 0 Å². The lowest BCUT2D eigenvalue weighted by molar-refractivity contribution is 3.50. The molecule has 0 saturated heterocycles. The van der Waals surface area contributed by atoms with E-state index < -0.39 is 12.8 Å². The summed E-state index contributed by atoms with van der Waals surface area (Å²) in [6.45, 7) is 0. The first kappa shape index (κ1) is 11.7. The van der Waals surface area contributed by atoms with Crippen LogP contribution >= 0.6 is 0 Å². The van der Waals surface area contributed by atoms with Gasteiger partial charge in [-0.3, -0.25) is 0 Å². The molecule has 0 amide bonds. The summed E-state index contributed by atoms with van der Waals surface area (Å²) in [5, 5.41) is 0. The van der Waals surface area contributed by atoms with Gasteiger partial charge in [0.15, 0.2) is 0 Å². The van der Waals surface area contributed by atoms with Crippen LogP contribution in [0.3, 0.4) is 0 Å². The van der Waals surface area contributed by atoms with Crippen molar-refractivity contribution in [3.63, 3.8) is 0 Å². The predicted molar refractivity (Wildman–Crippen MR) is 67.5 cm³/mol. The molecular formula is H3B11-. The van der Waals surface area contributed by atoms with Crippen molar-refractivity contribution < 1.29 is 0 Å². The van der Waals surface area contributed by atoms with Crippen LogP contribution in [-0.4, -0.2) is 79.0 Å². The molecule has 0 nitrogen and oxygen atoms in total. The molecule has 0 spiro atoms. The third-order valence-electron chi connectivity index (χ3n) is 1.33. The highest BCUT2D eigenvalue weighted by Crippen LogP contribution is 1.88. The van der Waals surface area contributed by atoms with E-state index in [0.29, 0.717) is 0 Å². The molecule has 0 fully saturated rings. The zero-order valence-electron chi connectivity index (χ0n) is 5.77. The maximum absolute atomic E-state index is 5.71. The molecule has 11 radical (unpaired) electrons. The fourth-order valence-electron chi connectivity index (χ4n) is 0.770. The smallest absolute Gasteiger partial charge is 0.00000163 e. The Kier molecular flexibility index (Phi) is 5.72. The Labute approximate surface area is 79.4 Å². The van der Waals surface area contributed by atoms with Gasteiger partial charge in [-0.2, -0.15) is 7.06 Å². The van der Waals surface area contributed by atoms with Gasteiger partial charge in [-0.25, -0.2) is 0 Å². The summed E-state index contributed by atoms with van der Waals surface area (Å²) in [5.41, 5.74) is 0. The largest absolute Gasteiger partial charge is 0.158 e. The van der Waals surface area contributed by atoms with Gasteiger partial charge in [-0.1, -0.05) is 7.74 Å². The molecule has 0 rings (SSSR count). The van der Waals surface area contributed by atoms with E-state index in [2.05, 4.69) is 0 Å². The molecule has 0 saturated carbocycles. The third kappa shape index (κ3) is 3.76. The molecule has 0 N–H and O–H groups in total. The highest BCUT2D eigenvalue weighted by molar-refractivity contribution is 8.01. The van der Waals surface area contributed by atoms with E-state index in [4.69, 9.17) is 38.7 Å². The molecule has 0 aromatic rings. The fourth-order valence-corrected chi connectivity index (χ4v) is 0.770. The summed E-state index contributed by atoms with van der Waals surface area (Å²) in [4.78, 5) is 0.